The minimum Gasteiger partial charge on any atom is -0.324 e. The standard InChI is InChI=1S/C26H29N7/c27-20-13-12-18(8-3-7-17-6-1-2-9-19(17)20)22-16-29-24-25(30-22)31-32-26(24)33-15-5-10-21-23(33)11-4-14-28-21/h1-2,4,6,9,11,14,16,18,20H,3,5,7-8,10,12-13,15,27H2,(H,30,31,32)/t18-,20?/m1/s1. The van der Waals surface area contributed by atoms with Crippen LogP contribution in [0.5, 0.6) is 0 Å². The number of rotatable bonds is 2. The van der Waals surface area contributed by atoms with Crippen LogP contribution < -0.4 is 10.6 Å². The third-order valence-corrected chi connectivity index (χ3v) is 7.18. The number of nitrogens with one attached hydrogen (secondary N) is 1. The quantitative estimate of drug-likeness (QED) is 0.469. The van der Waals surface area contributed by atoms with E-state index in [4.69, 9.17) is 15.7 Å². The van der Waals surface area contributed by atoms with Crippen molar-refractivity contribution in [3.63, 3.8) is 0 Å². The van der Waals surface area contributed by atoms with Crippen molar-refractivity contribution in [2.24, 2.45) is 5.73 Å². The largest absolute Gasteiger partial charge is 0.324 e. The third kappa shape index (κ3) is 3.76. The summed E-state index contributed by atoms with van der Waals surface area (Å²) in [5.41, 5.74) is 14.1. The van der Waals surface area contributed by atoms with Crippen LogP contribution in [-0.4, -0.2) is 31.7 Å². The van der Waals surface area contributed by atoms with Crippen LogP contribution in [0.3, 0.4) is 0 Å². The number of benzene rings is 1. The minimum atomic E-state index is 0.0741. The van der Waals surface area contributed by atoms with Crippen molar-refractivity contribution in [1.29, 1.82) is 0 Å². The molecule has 4 heterocycles. The van der Waals surface area contributed by atoms with Crippen LogP contribution in [0, 0.1) is 0 Å². The van der Waals surface area contributed by atoms with Gasteiger partial charge in [-0.25, -0.2) is 9.97 Å². The Morgan fingerprint density at radius 3 is 2.88 bits per heavy atom. The van der Waals surface area contributed by atoms with Crippen LogP contribution in [0.4, 0.5) is 11.5 Å². The Kier molecular flexibility index (Phi) is 5.26. The molecule has 6 rings (SSSR count). The number of aromatic amines is 1. The molecule has 168 valence electrons. The van der Waals surface area contributed by atoms with Gasteiger partial charge in [0, 0.05) is 30.9 Å². The lowest BCUT2D eigenvalue weighted by molar-refractivity contribution is 0.501. The number of pyridine rings is 1. The highest BCUT2D eigenvalue weighted by atomic mass is 15.3. The number of nitrogens with zero attached hydrogens (tertiary/aromatic N) is 5. The van der Waals surface area contributed by atoms with Gasteiger partial charge >= 0.3 is 0 Å². The summed E-state index contributed by atoms with van der Waals surface area (Å²) < 4.78 is 0. The third-order valence-electron chi connectivity index (χ3n) is 7.18. The van der Waals surface area contributed by atoms with Gasteiger partial charge in [-0.2, -0.15) is 5.10 Å². The number of hydrogen-bond acceptors (Lipinski definition) is 6. The van der Waals surface area contributed by atoms with Crippen LogP contribution in [0.25, 0.3) is 11.2 Å². The van der Waals surface area contributed by atoms with Crippen molar-refractivity contribution in [1.82, 2.24) is 25.1 Å². The fraction of sp³-hybridized carbons (Fsp3) is 0.385. The number of anilines is 2. The molecule has 2 atom stereocenters. The maximum absolute atomic E-state index is 6.58. The smallest absolute Gasteiger partial charge is 0.183 e. The molecular weight excluding hydrogens is 410 g/mol. The number of nitrogens with two attached hydrogens (primary N) is 1. The second kappa shape index (κ2) is 8.56. The van der Waals surface area contributed by atoms with Crippen LogP contribution >= 0.6 is 0 Å². The summed E-state index contributed by atoms with van der Waals surface area (Å²) in [5.74, 6) is 1.19. The van der Waals surface area contributed by atoms with Gasteiger partial charge in [-0.3, -0.25) is 10.1 Å². The summed E-state index contributed by atoms with van der Waals surface area (Å²) in [7, 11) is 0. The molecule has 1 aromatic carbocycles. The van der Waals surface area contributed by atoms with E-state index >= 15 is 0 Å². The first-order chi connectivity index (χ1) is 16.3. The highest BCUT2D eigenvalue weighted by Gasteiger charge is 2.25. The maximum atomic E-state index is 6.58. The van der Waals surface area contributed by atoms with Gasteiger partial charge in [-0.15, -0.1) is 0 Å². The van der Waals surface area contributed by atoms with E-state index in [1.54, 1.807) is 0 Å². The molecule has 4 aromatic rings. The number of aromatic nitrogens is 5. The summed E-state index contributed by atoms with van der Waals surface area (Å²) >= 11 is 0. The highest BCUT2D eigenvalue weighted by Crippen LogP contribution is 2.36. The summed E-state index contributed by atoms with van der Waals surface area (Å²) in [6, 6.07) is 12.8. The van der Waals surface area contributed by atoms with E-state index in [0.29, 0.717) is 5.92 Å². The molecule has 3 N–H and O–H groups in total. The van der Waals surface area contributed by atoms with E-state index in [1.807, 2.05) is 18.5 Å². The molecule has 0 saturated carbocycles. The maximum Gasteiger partial charge on any atom is 0.183 e. The predicted octanol–water partition coefficient (Wildman–Crippen LogP) is 4.73. The Morgan fingerprint density at radius 2 is 1.91 bits per heavy atom. The molecule has 0 bridgehead atoms. The van der Waals surface area contributed by atoms with E-state index in [9.17, 15) is 0 Å². The van der Waals surface area contributed by atoms with Gasteiger partial charge in [0.15, 0.2) is 17.0 Å². The van der Waals surface area contributed by atoms with Crippen LogP contribution in [0.2, 0.25) is 0 Å². The zero-order chi connectivity index (χ0) is 22.2. The fourth-order valence-electron chi connectivity index (χ4n) is 5.44. The molecule has 1 aliphatic heterocycles. The van der Waals surface area contributed by atoms with Crippen molar-refractivity contribution >= 4 is 22.7 Å². The normalized spacial score (nSPS) is 21.1. The molecule has 2 aliphatic rings. The number of aryl methyl sites for hydroxylation is 2. The SMILES string of the molecule is NC1CC[C@H](c2cnc3c(N4CCCc5ncccc54)n[nH]c3n2)CCCc2ccccc21. The van der Waals surface area contributed by atoms with E-state index < -0.39 is 0 Å². The van der Waals surface area contributed by atoms with Gasteiger partial charge in [0.25, 0.3) is 0 Å². The minimum absolute atomic E-state index is 0.0741. The van der Waals surface area contributed by atoms with Gasteiger partial charge in [-0.1, -0.05) is 24.3 Å². The first-order valence-corrected chi connectivity index (χ1v) is 12.0. The van der Waals surface area contributed by atoms with E-state index in [-0.39, 0.29) is 6.04 Å². The predicted molar refractivity (Wildman–Crippen MR) is 130 cm³/mol. The first-order valence-electron chi connectivity index (χ1n) is 12.0. The molecule has 1 aliphatic carbocycles. The van der Waals surface area contributed by atoms with Crippen molar-refractivity contribution < 1.29 is 0 Å². The topological polar surface area (TPSA) is 96.6 Å². The van der Waals surface area contributed by atoms with Gasteiger partial charge in [-0.05, 0) is 68.2 Å². The Bertz CT molecular complexity index is 1280. The van der Waals surface area contributed by atoms with E-state index in [0.717, 1.165) is 85.5 Å². The zero-order valence-electron chi connectivity index (χ0n) is 18.7. The van der Waals surface area contributed by atoms with Crippen molar-refractivity contribution in [2.45, 2.75) is 56.9 Å². The van der Waals surface area contributed by atoms with Gasteiger partial charge in [0.1, 0.15) is 0 Å². The van der Waals surface area contributed by atoms with Crippen molar-refractivity contribution in [3.8, 4) is 0 Å². The summed E-state index contributed by atoms with van der Waals surface area (Å²) in [6.45, 7) is 0.906. The monoisotopic (exact) mass is 439 g/mol. The molecule has 0 saturated heterocycles. The number of H-pyrrole nitrogens is 1. The van der Waals surface area contributed by atoms with E-state index in [2.05, 4.69) is 50.4 Å². The first kappa shape index (κ1) is 20.3. The van der Waals surface area contributed by atoms with Crippen molar-refractivity contribution in [2.75, 3.05) is 11.4 Å². The molecule has 0 radical (unpaired) electrons. The lowest BCUT2D eigenvalue weighted by atomic mass is 9.92. The number of fused-ring (bicyclic) bond motifs is 3. The van der Waals surface area contributed by atoms with E-state index in [1.165, 1.54) is 11.1 Å². The molecule has 7 heteroatoms. The van der Waals surface area contributed by atoms with Crippen molar-refractivity contribution in [3.05, 3.63) is 71.3 Å². The van der Waals surface area contributed by atoms with Gasteiger partial charge in [0.05, 0.1) is 17.1 Å². The lowest BCUT2D eigenvalue weighted by Gasteiger charge is -2.28. The Labute approximate surface area is 193 Å². The second-order valence-electron chi connectivity index (χ2n) is 9.24. The highest BCUT2D eigenvalue weighted by molar-refractivity contribution is 5.86. The summed E-state index contributed by atoms with van der Waals surface area (Å²) in [5, 5.41) is 7.77. The molecule has 3 aromatic heterocycles. The molecular formula is C26H29N7. The summed E-state index contributed by atoms with van der Waals surface area (Å²) in [6.07, 6.45) is 11.1. The van der Waals surface area contributed by atoms with Gasteiger partial charge < -0.3 is 10.6 Å². The summed E-state index contributed by atoms with van der Waals surface area (Å²) in [4.78, 5) is 16.6. The average Bonchev–Trinajstić information content (AvgIpc) is 3.31. The van der Waals surface area contributed by atoms with Crippen LogP contribution in [0.15, 0.2) is 48.8 Å². The molecule has 7 nitrogen and oxygen atoms in total. The Balaban J connectivity index is 1.28. The number of hydrogen-bond donors (Lipinski definition) is 2. The van der Waals surface area contributed by atoms with Crippen LogP contribution in [0.1, 0.15) is 66.6 Å². The lowest BCUT2D eigenvalue weighted by Crippen LogP contribution is -2.25. The fourth-order valence-corrected chi connectivity index (χ4v) is 5.44. The van der Waals surface area contributed by atoms with Crippen LogP contribution in [-0.2, 0) is 12.8 Å². The molecule has 0 spiro atoms. The molecule has 0 fully saturated rings. The second-order valence-corrected chi connectivity index (χ2v) is 9.24. The van der Waals surface area contributed by atoms with Gasteiger partial charge in [0.2, 0.25) is 0 Å². The Morgan fingerprint density at radius 1 is 0.970 bits per heavy atom. The molecule has 1 unspecified atom stereocenters. The zero-order valence-corrected chi connectivity index (χ0v) is 18.7. The average molecular weight is 440 g/mol. The molecule has 0 amide bonds. The Hall–Kier alpha value is -3.32. The molecule has 33 heavy (non-hydrogen) atoms.